The molecule has 0 spiro atoms. The molecule has 2 aromatic carbocycles. The second-order valence-corrected chi connectivity index (χ2v) is 8.33. The van der Waals surface area contributed by atoms with Crippen molar-refractivity contribution in [2.45, 2.75) is 28.4 Å². The van der Waals surface area contributed by atoms with Crippen LogP contribution in [0.5, 0.6) is 0 Å². The van der Waals surface area contributed by atoms with Crippen molar-refractivity contribution in [1.82, 2.24) is 0 Å². The number of aliphatic imine (C=N–C) groups is 1. The van der Waals surface area contributed by atoms with Crippen LogP contribution in [0.3, 0.4) is 0 Å². The van der Waals surface area contributed by atoms with Crippen molar-refractivity contribution >= 4 is 51.9 Å². The van der Waals surface area contributed by atoms with Gasteiger partial charge in [-0.1, -0.05) is 61.3 Å². The summed E-state index contributed by atoms with van der Waals surface area (Å²) in [6.45, 7) is 5.41. The van der Waals surface area contributed by atoms with Gasteiger partial charge < -0.3 is 0 Å². The first kappa shape index (κ1) is 18.6. The van der Waals surface area contributed by atoms with Crippen LogP contribution in [0.1, 0.15) is 13.3 Å². The Hall–Kier alpha value is -2.71. The van der Waals surface area contributed by atoms with Gasteiger partial charge in [-0.15, -0.1) is 10.2 Å². The Balaban J connectivity index is 1.69. The molecule has 1 unspecified atom stereocenters. The Kier molecular flexibility index (Phi) is 5.15. The Morgan fingerprint density at radius 3 is 2.29 bits per heavy atom. The lowest BCUT2D eigenvalue weighted by molar-refractivity contribution is -0.117. The standard InChI is InChI=1S/C20H16N4O2S2/c1-3-15(28-20-21-18(25)12(2)22-23-20)19(26)24-13-8-4-6-10-16(13)27-17-11-7-5-9-14(17)24/h4-11,15H,2-3H2,1H3. The first-order chi connectivity index (χ1) is 13.6. The van der Waals surface area contributed by atoms with Gasteiger partial charge in [0, 0.05) is 9.79 Å². The van der Waals surface area contributed by atoms with E-state index in [-0.39, 0.29) is 16.8 Å². The van der Waals surface area contributed by atoms with Gasteiger partial charge in [0.25, 0.3) is 5.91 Å². The van der Waals surface area contributed by atoms with Crippen molar-refractivity contribution in [2.75, 3.05) is 4.90 Å². The number of thioether (sulfide) groups is 1. The molecule has 0 aliphatic carbocycles. The maximum Gasteiger partial charge on any atom is 0.299 e. The molecule has 0 bridgehead atoms. The molecular formula is C20H16N4O2S2. The van der Waals surface area contributed by atoms with Gasteiger partial charge in [0.05, 0.1) is 16.6 Å². The van der Waals surface area contributed by atoms with Crippen molar-refractivity contribution in [2.24, 2.45) is 15.2 Å². The molecule has 6 nitrogen and oxygen atoms in total. The number of amidine groups is 1. The number of carbonyl (C=O) groups excluding carboxylic acids is 2. The highest BCUT2D eigenvalue weighted by molar-refractivity contribution is 8.15. The second kappa shape index (κ2) is 7.73. The predicted molar refractivity (Wildman–Crippen MR) is 112 cm³/mol. The molecule has 8 heteroatoms. The number of hydrogen-bond donors (Lipinski definition) is 0. The molecule has 2 heterocycles. The van der Waals surface area contributed by atoms with Crippen LogP contribution in [0.25, 0.3) is 0 Å². The third-order valence-corrected chi connectivity index (χ3v) is 6.58. The molecule has 0 radical (unpaired) electrons. The van der Waals surface area contributed by atoms with Crippen molar-refractivity contribution in [3.8, 4) is 0 Å². The summed E-state index contributed by atoms with van der Waals surface area (Å²) in [6, 6.07) is 15.7. The molecule has 2 aromatic rings. The van der Waals surface area contributed by atoms with Crippen LogP contribution in [0.4, 0.5) is 11.4 Å². The van der Waals surface area contributed by atoms with E-state index in [1.54, 1.807) is 16.7 Å². The number of benzene rings is 2. The Morgan fingerprint density at radius 2 is 1.71 bits per heavy atom. The van der Waals surface area contributed by atoms with Gasteiger partial charge in [-0.05, 0) is 30.7 Å². The summed E-state index contributed by atoms with van der Waals surface area (Å²) in [5.41, 5.74) is 1.71. The van der Waals surface area contributed by atoms with Crippen LogP contribution >= 0.6 is 23.5 Å². The van der Waals surface area contributed by atoms with Crippen LogP contribution < -0.4 is 4.90 Å². The minimum atomic E-state index is -0.523. The normalized spacial score (nSPS) is 16.3. The number of azo groups is 1. The van der Waals surface area contributed by atoms with E-state index in [4.69, 9.17) is 0 Å². The van der Waals surface area contributed by atoms with E-state index in [2.05, 4.69) is 21.8 Å². The minimum absolute atomic E-state index is 0.000338. The third kappa shape index (κ3) is 3.41. The molecule has 140 valence electrons. The molecule has 0 saturated carbocycles. The van der Waals surface area contributed by atoms with Crippen molar-refractivity contribution in [3.63, 3.8) is 0 Å². The fourth-order valence-electron chi connectivity index (χ4n) is 2.89. The van der Waals surface area contributed by atoms with E-state index < -0.39 is 11.2 Å². The van der Waals surface area contributed by atoms with Crippen LogP contribution in [0.15, 0.2) is 85.8 Å². The van der Waals surface area contributed by atoms with E-state index in [0.29, 0.717) is 6.42 Å². The maximum absolute atomic E-state index is 13.5. The van der Waals surface area contributed by atoms with E-state index >= 15 is 0 Å². The summed E-state index contributed by atoms with van der Waals surface area (Å²) in [5, 5.41) is 7.36. The van der Waals surface area contributed by atoms with Gasteiger partial charge in [0.2, 0.25) is 11.1 Å². The lowest BCUT2D eigenvalue weighted by atomic mass is 10.2. The Morgan fingerprint density at radius 1 is 1.11 bits per heavy atom. The first-order valence-electron chi connectivity index (χ1n) is 8.68. The topological polar surface area (TPSA) is 74.5 Å². The van der Waals surface area contributed by atoms with Gasteiger partial charge in [-0.25, -0.2) is 0 Å². The summed E-state index contributed by atoms with van der Waals surface area (Å²) >= 11 is 2.80. The van der Waals surface area contributed by atoms with Gasteiger partial charge in [0.1, 0.15) is 5.70 Å². The molecule has 28 heavy (non-hydrogen) atoms. The van der Waals surface area contributed by atoms with Crippen molar-refractivity contribution < 1.29 is 9.59 Å². The van der Waals surface area contributed by atoms with Gasteiger partial charge in [0.15, 0.2) is 0 Å². The Bertz CT molecular complexity index is 1000. The summed E-state index contributed by atoms with van der Waals surface area (Å²) in [5.74, 6) is -0.604. The molecule has 0 N–H and O–H groups in total. The monoisotopic (exact) mass is 408 g/mol. The van der Waals surface area contributed by atoms with E-state index in [1.807, 2.05) is 55.5 Å². The van der Waals surface area contributed by atoms with Gasteiger partial charge in [-0.3, -0.25) is 14.5 Å². The largest absolute Gasteiger partial charge is 0.299 e. The van der Waals surface area contributed by atoms with Crippen LogP contribution in [0.2, 0.25) is 0 Å². The number of carbonyl (C=O) groups is 2. The van der Waals surface area contributed by atoms with Crippen molar-refractivity contribution in [3.05, 3.63) is 60.8 Å². The molecule has 2 aliphatic rings. The molecule has 0 fully saturated rings. The molecule has 4 rings (SSSR count). The highest BCUT2D eigenvalue weighted by Crippen LogP contribution is 2.48. The number of fused-ring (bicyclic) bond motifs is 2. The first-order valence-corrected chi connectivity index (χ1v) is 10.4. The fourth-order valence-corrected chi connectivity index (χ4v) is 4.80. The summed E-state index contributed by atoms with van der Waals surface area (Å²) in [4.78, 5) is 32.9. The number of hydrogen-bond acceptors (Lipinski definition) is 6. The number of rotatable bonds is 3. The molecule has 2 aliphatic heterocycles. The minimum Gasteiger partial charge on any atom is -0.278 e. The number of anilines is 2. The third-order valence-electron chi connectivity index (χ3n) is 4.25. The zero-order valence-corrected chi connectivity index (χ0v) is 16.7. The zero-order valence-electron chi connectivity index (χ0n) is 15.0. The summed E-state index contributed by atoms with van der Waals surface area (Å²) < 4.78 is 0. The smallest absolute Gasteiger partial charge is 0.278 e. The molecular weight excluding hydrogens is 392 g/mol. The maximum atomic E-state index is 13.5. The van der Waals surface area contributed by atoms with Crippen LogP contribution in [-0.4, -0.2) is 22.2 Å². The van der Waals surface area contributed by atoms with E-state index in [1.165, 1.54) is 0 Å². The van der Waals surface area contributed by atoms with E-state index in [9.17, 15) is 9.59 Å². The average Bonchev–Trinajstić information content (AvgIpc) is 2.72. The lowest BCUT2D eigenvalue weighted by Crippen LogP contribution is -2.36. The number of nitrogens with zero attached hydrogens (tertiary/aromatic N) is 4. The highest BCUT2D eigenvalue weighted by atomic mass is 32.2. The second-order valence-electron chi connectivity index (χ2n) is 6.07. The molecule has 0 saturated heterocycles. The summed E-state index contributed by atoms with van der Waals surface area (Å²) in [7, 11) is 0. The lowest BCUT2D eigenvalue weighted by Gasteiger charge is -2.33. The molecule has 0 aromatic heterocycles. The molecule has 1 atom stereocenters. The number of para-hydroxylation sites is 2. The highest BCUT2D eigenvalue weighted by Gasteiger charge is 2.33. The summed E-state index contributed by atoms with van der Waals surface area (Å²) in [6.07, 6.45) is 0.557. The van der Waals surface area contributed by atoms with Gasteiger partial charge in [-0.2, -0.15) is 4.99 Å². The van der Waals surface area contributed by atoms with Crippen molar-refractivity contribution in [1.29, 1.82) is 0 Å². The number of amides is 2. The van der Waals surface area contributed by atoms with Crippen LogP contribution in [0, 0.1) is 0 Å². The Labute approximate surface area is 170 Å². The fraction of sp³-hybridized carbons (Fsp3) is 0.150. The zero-order chi connectivity index (χ0) is 19.7. The average molecular weight is 409 g/mol. The van der Waals surface area contributed by atoms with Crippen LogP contribution in [-0.2, 0) is 9.59 Å². The predicted octanol–water partition coefficient (Wildman–Crippen LogP) is 5.19. The van der Waals surface area contributed by atoms with E-state index in [0.717, 1.165) is 32.9 Å². The molecule has 2 amide bonds. The van der Waals surface area contributed by atoms with Gasteiger partial charge >= 0.3 is 0 Å². The SMILES string of the molecule is C=C1N=NC(SC(CC)C(=O)N2c3ccccc3Sc3ccccc32)=NC1=O. The quantitative estimate of drug-likeness (QED) is 0.655.